The van der Waals surface area contributed by atoms with Gasteiger partial charge in [0.25, 0.3) is 0 Å². The molecule has 0 saturated heterocycles. The second kappa shape index (κ2) is 6.74. The number of amidine groups is 1. The molecule has 1 aromatic rings. The van der Waals surface area contributed by atoms with Crippen LogP contribution in [0.1, 0.15) is 5.69 Å². The minimum atomic E-state index is 0. The zero-order valence-corrected chi connectivity index (χ0v) is 8.94. The molecule has 0 bridgehead atoms. The van der Waals surface area contributed by atoms with Crippen molar-refractivity contribution in [3.8, 4) is 0 Å². The predicted octanol–water partition coefficient (Wildman–Crippen LogP) is 1.68. The Morgan fingerprint density at radius 3 is 2.92 bits per heavy atom. The first-order valence-corrected chi connectivity index (χ1v) is 4.56. The standard InChI is InChI=1S/C8H11N3S.ClH/c1-10-8(9)12-6-7-4-2-3-5-11-7;/h2-5H,6H2,1H3,(H2,9,10);1H. The second-order valence-corrected chi connectivity index (χ2v) is 3.17. The molecular weight excluding hydrogens is 206 g/mol. The van der Waals surface area contributed by atoms with Crippen LogP contribution in [0.3, 0.4) is 0 Å². The molecule has 2 N–H and O–H groups in total. The molecule has 0 atom stereocenters. The van der Waals surface area contributed by atoms with Crippen molar-refractivity contribution in [1.29, 1.82) is 0 Å². The number of pyridine rings is 1. The van der Waals surface area contributed by atoms with Crippen LogP contribution in [0.15, 0.2) is 29.4 Å². The lowest BCUT2D eigenvalue weighted by Gasteiger charge is -1.98. The quantitative estimate of drug-likeness (QED) is 0.606. The van der Waals surface area contributed by atoms with E-state index in [1.807, 2.05) is 18.2 Å². The number of aromatic nitrogens is 1. The van der Waals surface area contributed by atoms with E-state index in [4.69, 9.17) is 5.73 Å². The fraction of sp³-hybridized carbons (Fsp3) is 0.250. The lowest BCUT2D eigenvalue weighted by Crippen LogP contribution is -2.06. The summed E-state index contributed by atoms with van der Waals surface area (Å²) in [5.41, 5.74) is 6.53. The highest BCUT2D eigenvalue weighted by atomic mass is 35.5. The summed E-state index contributed by atoms with van der Waals surface area (Å²) in [5.74, 6) is 0.782. The van der Waals surface area contributed by atoms with Crippen molar-refractivity contribution < 1.29 is 0 Å². The molecule has 0 radical (unpaired) electrons. The van der Waals surface area contributed by atoms with Crippen LogP contribution in [0.5, 0.6) is 0 Å². The van der Waals surface area contributed by atoms with E-state index in [2.05, 4.69) is 9.98 Å². The molecule has 0 aliphatic heterocycles. The summed E-state index contributed by atoms with van der Waals surface area (Å²) in [6, 6.07) is 5.82. The summed E-state index contributed by atoms with van der Waals surface area (Å²) >= 11 is 1.49. The fourth-order valence-electron chi connectivity index (χ4n) is 0.696. The summed E-state index contributed by atoms with van der Waals surface area (Å²) in [6.07, 6.45) is 1.77. The van der Waals surface area contributed by atoms with Gasteiger partial charge in [0.15, 0.2) is 5.17 Å². The third kappa shape index (κ3) is 4.75. The third-order valence-electron chi connectivity index (χ3n) is 1.31. The van der Waals surface area contributed by atoms with Crippen LogP contribution in [0, 0.1) is 0 Å². The van der Waals surface area contributed by atoms with Crippen LogP contribution in [-0.2, 0) is 5.75 Å². The fourth-order valence-corrected chi connectivity index (χ4v) is 1.29. The average molecular weight is 218 g/mol. The van der Waals surface area contributed by atoms with Gasteiger partial charge in [0.2, 0.25) is 0 Å². The minimum absolute atomic E-state index is 0. The maximum atomic E-state index is 5.51. The van der Waals surface area contributed by atoms with E-state index in [0.717, 1.165) is 11.4 Å². The third-order valence-corrected chi connectivity index (χ3v) is 2.23. The molecule has 13 heavy (non-hydrogen) atoms. The number of nitrogens with two attached hydrogens (primary N) is 1. The summed E-state index contributed by atoms with van der Waals surface area (Å²) in [5, 5.41) is 0.598. The topological polar surface area (TPSA) is 51.3 Å². The lowest BCUT2D eigenvalue weighted by molar-refractivity contribution is 1.18. The van der Waals surface area contributed by atoms with Gasteiger partial charge in [-0.25, -0.2) is 0 Å². The Bertz CT molecular complexity index is 263. The highest BCUT2D eigenvalue weighted by Crippen LogP contribution is 2.08. The van der Waals surface area contributed by atoms with Crippen molar-refractivity contribution in [2.75, 3.05) is 7.05 Å². The first-order valence-electron chi connectivity index (χ1n) is 3.58. The highest BCUT2D eigenvalue weighted by Gasteiger charge is 1.95. The van der Waals surface area contributed by atoms with E-state index in [0.29, 0.717) is 5.17 Å². The Balaban J connectivity index is 0.00000144. The molecule has 0 fully saturated rings. The molecule has 0 saturated carbocycles. The zero-order chi connectivity index (χ0) is 8.81. The van der Waals surface area contributed by atoms with Crippen LogP contribution in [0.2, 0.25) is 0 Å². The first-order chi connectivity index (χ1) is 5.83. The van der Waals surface area contributed by atoms with E-state index >= 15 is 0 Å². The number of rotatable bonds is 2. The van der Waals surface area contributed by atoms with E-state index < -0.39 is 0 Å². The SMILES string of the molecule is CN=C(N)SCc1ccccn1.Cl. The van der Waals surface area contributed by atoms with Crippen LogP contribution < -0.4 is 5.73 Å². The summed E-state index contributed by atoms with van der Waals surface area (Å²) < 4.78 is 0. The molecular formula is C8H12ClN3S. The van der Waals surface area contributed by atoms with Crippen molar-refractivity contribution in [2.45, 2.75) is 5.75 Å². The molecule has 1 aromatic heterocycles. The number of hydrogen-bond acceptors (Lipinski definition) is 3. The van der Waals surface area contributed by atoms with Gasteiger partial charge in [-0.15, -0.1) is 12.4 Å². The monoisotopic (exact) mass is 217 g/mol. The van der Waals surface area contributed by atoms with Gasteiger partial charge in [-0.2, -0.15) is 0 Å². The molecule has 3 nitrogen and oxygen atoms in total. The van der Waals surface area contributed by atoms with Gasteiger partial charge in [-0.1, -0.05) is 17.8 Å². The molecule has 72 valence electrons. The Morgan fingerprint density at radius 1 is 1.62 bits per heavy atom. The van der Waals surface area contributed by atoms with Crippen molar-refractivity contribution in [3.05, 3.63) is 30.1 Å². The second-order valence-electron chi connectivity index (χ2n) is 2.17. The Kier molecular flexibility index (Phi) is 6.36. The first kappa shape index (κ1) is 12.3. The number of nitrogens with zero attached hydrogens (tertiary/aromatic N) is 2. The molecule has 0 aromatic carbocycles. The minimum Gasteiger partial charge on any atom is -0.379 e. The average Bonchev–Trinajstić information content (AvgIpc) is 2.16. The van der Waals surface area contributed by atoms with Gasteiger partial charge in [-0.3, -0.25) is 9.98 Å². The summed E-state index contributed by atoms with van der Waals surface area (Å²) in [4.78, 5) is 7.99. The van der Waals surface area contributed by atoms with Gasteiger partial charge >= 0.3 is 0 Å². The molecule has 0 unspecified atom stereocenters. The number of hydrogen-bond donors (Lipinski definition) is 1. The normalized spacial score (nSPS) is 10.7. The van der Waals surface area contributed by atoms with Crippen molar-refractivity contribution in [3.63, 3.8) is 0 Å². The molecule has 0 aliphatic rings. The molecule has 0 spiro atoms. The number of halogens is 1. The van der Waals surface area contributed by atoms with Crippen LogP contribution in [0.25, 0.3) is 0 Å². The van der Waals surface area contributed by atoms with Crippen molar-refractivity contribution >= 4 is 29.3 Å². The van der Waals surface area contributed by atoms with Crippen molar-refractivity contribution in [1.82, 2.24) is 4.98 Å². The Hall–Kier alpha value is -0.740. The molecule has 5 heteroatoms. The largest absolute Gasteiger partial charge is 0.379 e. The van der Waals surface area contributed by atoms with E-state index in [1.54, 1.807) is 13.2 Å². The van der Waals surface area contributed by atoms with Crippen LogP contribution in [0.4, 0.5) is 0 Å². The van der Waals surface area contributed by atoms with E-state index in [1.165, 1.54) is 11.8 Å². The molecule has 1 heterocycles. The van der Waals surface area contributed by atoms with Gasteiger partial charge < -0.3 is 5.73 Å². The Morgan fingerprint density at radius 2 is 2.38 bits per heavy atom. The van der Waals surface area contributed by atoms with Gasteiger partial charge in [0.05, 0.1) is 5.69 Å². The number of aliphatic imine (C=N–C) groups is 1. The van der Waals surface area contributed by atoms with Crippen LogP contribution >= 0.6 is 24.2 Å². The van der Waals surface area contributed by atoms with E-state index in [9.17, 15) is 0 Å². The lowest BCUT2D eigenvalue weighted by atomic mass is 10.4. The van der Waals surface area contributed by atoms with Gasteiger partial charge in [0.1, 0.15) is 0 Å². The smallest absolute Gasteiger partial charge is 0.154 e. The van der Waals surface area contributed by atoms with Crippen LogP contribution in [-0.4, -0.2) is 17.2 Å². The highest BCUT2D eigenvalue weighted by molar-refractivity contribution is 8.13. The zero-order valence-electron chi connectivity index (χ0n) is 7.30. The molecule has 1 rings (SSSR count). The predicted molar refractivity (Wildman–Crippen MR) is 60.3 cm³/mol. The maximum absolute atomic E-state index is 5.51. The van der Waals surface area contributed by atoms with E-state index in [-0.39, 0.29) is 12.4 Å². The maximum Gasteiger partial charge on any atom is 0.154 e. The Labute approximate surface area is 88.3 Å². The molecule has 0 aliphatic carbocycles. The van der Waals surface area contributed by atoms with Gasteiger partial charge in [0, 0.05) is 19.0 Å². The summed E-state index contributed by atoms with van der Waals surface area (Å²) in [7, 11) is 1.68. The van der Waals surface area contributed by atoms with Gasteiger partial charge in [-0.05, 0) is 12.1 Å². The number of thioether (sulfide) groups is 1. The van der Waals surface area contributed by atoms with Crippen molar-refractivity contribution in [2.24, 2.45) is 10.7 Å². The molecule has 0 amide bonds. The summed E-state index contributed by atoms with van der Waals surface area (Å²) in [6.45, 7) is 0.